The molecule has 0 radical (unpaired) electrons. The molecule has 5 heteroatoms. The molecule has 0 unspecified atom stereocenters. The number of nitrogens with zero attached hydrogens (tertiary/aromatic N) is 1. The van der Waals surface area contributed by atoms with Crippen molar-refractivity contribution in [1.82, 2.24) is 10.6 Å². The van der Waals surface area contributed by atoms with Crippen molar-refractivity contribution in [3.8, 4) is 0 Å². The number of aryl methyl sites for hydroxylation is 1. The van der Waals surface area contributed by atoms with E-state index in [1.807, 2.05) is 0 Å². The lowest BCUT2D eigenvalue weighted by molar-refractivity contribution is 0.807. The number of hydrogen-bond acceptors (Lipinski definition) is 3. The molecule has 3 nitrogen and oxygen atoms in total. The van der Waals surface area contributed by atoms with Gasteiger partial charge in [-0.3, -0.25) is 0 Å². The van der Waals surface area contributed by atoms with E-state index in [1.165, 1.54) is 21.6 Å². The van der Waals surface area contributed by atoms with Crippen LogP contribution in [0.25, 0.3) is 0 Å². The monoisotopic (exact) mass is 333 g/mol. The van der Waals surface area contributed by atoms with Crippen LogP contribution in [0.2, 0.25) is 0 Å². The van der Waals surface area contributed by atoms with Crippen LogP contribution in [0.1, 0.15) is 23.6 Å². The van der Waals surface area contributed by atoms with E-state index in [2.05, 4.69) is 70.8 Å². The van der Waals surface area contributed by atoms with Crippen LogP contribution in [0.15, 0.2) is 44.9 Å². The predicted octanol–water partition coefficient (Wildman–Crippen LogP) is 4.03. The lowest BCUT2D eigenvalue weighted by atomic mass is 10.1. The molecule has 2 rings (SSSR count). The summed E-state index contributed by atoms with van der Waals surface area (Å²) >= 11 is 3.50. The van der Waals surface area contributed by atoms with Crippen molar-refractivity contribution in [1.29, 1.82) is 0 Å². The normalized spacial score (nSPS) is 11.5. The summed E-state index contributed by atoms with van der Waals surface area (Å²) in [6.07, 6.45) is 2.12. The number of nitrogens with one attached hydrogen (secondary N) is 2. The Kier molecular flexibility index (Phi) is 6.80. The quantitative estimate of drug-likeness (QED) is 0.476. The van der Waals surface area contributed by atoms with Gasteiger partial charge in [0.25, 0.3) is 0 Å². The van der Waals surface area contributed by atoms with Gasteiger partial charge in [-0.05, 0) is 59.7 Å². The van der Waals surface area contributed by atoms with Crippen LogP contribution in [-0.2, 0) is 13.1 Å². The van der Waals surface area contributed by atoms with E-state index < -0.39 is 0 Å². The fourth-order valence-corrected chi connectivity index (χ4v) is 3.44. The molecular weight excluding hydrogens is 310 g/mol. The van der Waals surface area contributed by atoms with Gasteiger partial charge < -0.3 is 10.6 Å². The Labute approximate surface area is 141 Å². The molecule has 1 heterocycles. The fourth-order valence-electron chi connectivity index (χ4n) is 2.07. The van der Waals surface area contributed by atoms with E-state index in [0.29, 0.717) is 6.54 Å². The first-order valence-corrected chi connectivity index (χ1v) is 9.56. The highest BCUT2D eigenvalue weighted by molar-refractivity contribution is 7.98. The number of guanidine groups is 1. The fraction of sp³-hybridized carbons (Fsp3) is 0.353. The zero-order valence-corrected chi connectivity index (χ0v) is 15.0. The number of aliphatic imine (C=N–C) groups is 1. The molecule has 2 N–H and O–H groups in total. The van der Waals surface area contributed by atoms with Gasteiger partial charge in [0.15, 0.2) is 5.96 Å². The van der Waals surface area contributed by atoms with Crippen LogP contribution >= 0.6 is 23.1 Å². The molecule has 0 aliphatic rings. The lowest BCUT2D eigenvalue weighted by Crippen LogP contribution is -2.36. The average molecular weight is 334 g/mol. The Morgan fingerprint density at radius 3 is 2.82 bits per heavy atom. The van der Waals surface area contributed by atoms with Crippen LogP contribution in [-0.4, -0.2) is 18.8 Å². The smallest absolute Gasteiger partial charge is 0.191 e. The molecule has 118 valence electrons. The molecule has 1 aromatic carbocycles. The molecule has 0 saturated heterocycles. The van der Waals surface area contributed by atoms with Crippen LogP contribution < -0.4 is 10.6 Å². The van der Waals surface area contributed by atoms with Gasteiger partial charge in [0.1, 0.15) is 0 Å². The Morgan fingerprint density at radius 1 is 1.27 bits per heavy atom. The summed E-state index contributed by atoms with van der Waals surface area (Å²) in [5.41, 5.74) is 3.85. The molecule has 1 aromatic heterocycles. The number of hydrogen-bond donors (Lipinski definition) is 2. The summed E-state index contributed by atoms with van der Waals surface area (Å²) in [6.45, 7) is 6.57. The molecule has 0 atom stereocenters. The van der Waals surface area contributed by atoms with Gasteiger partial charge >= 0.3 is 0 Å². The first-order chi connectivity index (χ1) is 10.7. The van der Waals surface area contributed by atoms with Gasteiger partial charge in [0.2, 0.25) is 0 Å². The van der Waals surface area contributed by atoms with Crippen molar-refractivity contribution >= 4 is 29.1 Å². The van der Waals surface area contributed by atoms with Crippen molar-refractivity contribution in [2.24, 2.45) is 4.99 Å². The summed E-state index contributed by atoms with van der Waals surface area (Å²) in [5.74, 6) is 0.862. The molecule has 0 aliphatic carbocycles. The van der Waals surface area contributed by atoms with E-state index in [4.69, 9.17) is 0 Å². The highest BCUT2D eigenvalue weighted by Crippen LogP contribution is 2.21. The van der Waals surface area contributed by atoms with Crippen molar-refractivity contribution < 1.29 is 0 Å². The summed E-state index contributed by atoms with van der Waals surface area (Å²) in [7, 11) is 0. The van der Waals surface area contributed by atoms with Gasteiger partial charge in [-0.15, -0.1) is 11.8 Å². The van der Waals surface area contributed by atoms with E-state index in [0.717, 1.165) is 19.0 Å². The third-order valence-corrected chi connectivity index (χ3v) is 4.78. The molecule has 22 heavy (non-hydrogen) atoms. The van der Waals surface area contributed by atoms with Crippen LogP contribution in [0, 0.1) is 6.92 Å². The average Bonchev–Trinajstić information content (AvgIpc) is 3.04. The van der Waals surface area contributed by atoms with E-state index in [1.54, 1.807) is 23.1 Å². The first kappa shape index (κ1) is 16.9. The second kappa shape index (κ2) is 8.86. The summed E-state index contributed by atoms with van der Waals surface area (Å²) in [5, 5.41) is 10.9. The largest absolute Gasteiger partial charge is 0.357 e. The number of thioether (sulfide) groups is 1. The zero-order chi connectivity index (χ0) is 15.8. The van der Waals surface area contributed by atoms with Crippen molar-refractivity contribution in [2.75, 3.05) is 12.8 Å². The highest BCUT2D eigenvalue weighted by atomic mass is 32.2. The summed E-state index contributed by atoms with van der Waals surface area (Å²) in [4.78, 5) is 5.96. The molecule has 0 amide bonds. The van der Waals surface area contributed by atoms with Gasteiger partial charge in [-0.1, -0.05) is 12.1 Å². The molecule has 0 spiro atoms. The standard InChI is InChI=1S/C17H23N3S2/c1-4-18-17(19-10-14-7-8-22-12-14)20-11-15-6-5-13(2)9-16(15)21-3/h5-9,12H,4,10-11H2,1-3H3,(H2,18,19,20). The zero-order valence-electron chi connectivity index (χ0n) is 13.3. The van der Waals surface area contributed by atoms with E-state index >= 15 is 0 Å². The molecule has 0 bridgehead atoms. The lowest BCUT2D eigenvalue weighted by Gasteiger charge is -2.13. The molecule has 2 aromatic rings. The first-order valence-electron chi connectivity index (χ1n) is 7.39. The number of benzene rings is 1. The van der Waals surface area contributed by atoms with Crippen LogP contribution in [0.4, 0.5) is 0 Å². The predicted molar refractivity (Wildman–Crippen MR) is 98.9 cm³/mol. The van der Waals surface area contributed by atoms with Crippen molar-refractivity contribution in [2.45, 2.75) is 31.8 Å². The van der Waals surface area contributed by atoms with Crippen LogP contribution in [0.3, 0.4) is 0 Å². The van der Waals surface area contributed by atoms with Gasteiger partial charge in [0, 0.05) is 18.0 Å². The topological polar surface area (TPSA) is 36.4 Å². The van der Waals surface area contributed by atoms with E-state index in [-0.39, 0.29) is 0 Å². The molecule has 0 aliphatic heterocycles. The summed E-state index contributed by atoms with van der Waals surface area (Å²) < 4.78 is 0. The molecular formula is C17H23N3S2. The minimum absolute atomic E-state index is 0.710. The summed E-state index contributed by atoms with van der Waals surface area (Å²) in [6, 6.07) is 8.70. The third kappa shape index (κ3) is 5.07. The maximum atomic E-state index is 4.64. The van der Waals surface area contributed by atoms with Gasteiger partial charge in [-0.25, -0.2) is 4.99 Å². The van der Waals surface area contributed by atoms with Crippen LogP contribution in [0.5, 0.6) is 0 Å². The minimum Gasteiger partial charge on any atom is -0.357 e. The third-order valence-electron chi connectivity index (χ3n) is 3.23. The van der Waals surface area contributed by atoms with Crippen molar-refractivity contribution in [3.63, 3.8) is 0 Å². The Balaban J connectivity index is 2.00. The Morgan fingerprint density at radius 2 is 2.14 bits per heavy atom. The van der Waals surface area contributed by atoms with Gasteiger partial charge in [0.05, 0.1) is 6.54 Å². The van der Waals surface area contributed by atoms with Gasteiger partial charge in [-0.2, -0.15) is 11.3 Å². The Hall–Kier alpha value is -1.46. The SMILES string of the molecule is CCNC(=NCc1ccsc1)NCc1ccc(C)cc1SC. The second-order valence-corrected chi connectivity index (χ2v) is 6.62. The maximum Gasteiger partial charge on any atom is 0.191 e. The second-order valence-electron chi connectivity index (χ2n) is 5.00. The maximum absolute atomic E-state index is 4.64. The molecule has 0 saturated carbocycles. The van der Waals surface area contributed by atoms with Crippen molar-refractivity contribution in [3.05, 3.63) is 51.7 Å². The Bertz CT molecular complexity index is 606. The van der Waals surface area contributed by atoms with E-state index in [9.17, 15) is 0 Å². The minimum atomic E-state index is 0.710. The molecule has 0 fully saturated rings. The highest BCUT2D eigenvalue weighted by Gasteiger charge is 2.04. The number of rotatable bonds is 6. The number of thiophene rings is 1.